The maximum atomic E-state index is 13.4. The van der Waals surface area contributed by atoms with Gasteiger partial charge in [-0.05, 0) is 37.6 Å². The highest BCUT2D eigenvalue weighted by molar-refractivity contribution is 6.05. The number of ether oxygens (including phenoxy) is 1. The lowest BCUT2D eigenvalue weighted by atomic mass is 10.1. The fourth-order valence-corrected chi connectivity index (χ4v) is 4.61. The molecule has 172 valence electrons. The normalized spacial score (nSPS) is 18.6. The zero-order valence-electron chi connectivity index (χ0n) is 18.9. The second kappa shape index (κ2) is 9.33. The standard InChI is InChI=1S/C25H29N5O3/c1-18-7-9-19(10-8-18)26-23(31)17-22-24(32)29(12-4-11-28-13-15-33-16-14-28)25-27-20-5-2-3-6-21(20)30(22)25/h2-3,5-10,22H,4,11-17H2,1H3,(H,26,31)/t22-/m1/s1. The molecule has 3 heterocycles. The first kappa shape index (κ1) is 21.6. The third-order valence-corrected chi connectivity index (χ3v) is 6.36. The van der Waals surface area contributed by atoms with Gasteiger partial charge >= 0.3 is 0 Å². The van der Waals surface area contributed by atoms with E-state index in [-0.39, 0.29) is 18.2 Å². The number of benzene rings is 2. The number of aromatic nitrogens is 2. The number of rotatable bonds is 7. The minimum absolute atomic E-state index is 0.0655. The van der Waals surface area contributed by atoms with Gasteiger partial charge in [-0.3, -0.25) is 24.0 Å². The van der Waals surface area contributed by atoms with Gasteiger partial charge < -0.3 is 10.1 Å². The number of hydrogen-bond donors (Lipinski definition) is 1. The van der Waals surface area contributed by atoms with E-state index >= 15 is 0 Å². The molecule has 33 heavy (non-hydrogen) atoms. The summed E-state index contributed by atoms with van der Waals surface area (Å²) in [5.41, 5.74) is 3.57. The molecule has 0 saturated carbocycles. The number of morpholine rings is 1. The molecular weight excluding hydrogens is 418 g/mol. The van der Waals surface area contributed by atoms with Crippen LogP contribution in [0.5, 0.6) is 0 Å². The summed E-state index contributed by atoms with van der Waals surface area (Å²) in [4.78, 5) is 35.2. The van der Waals surface area contributed by atoms with E-state index < -0.39 is 6.04 Å². The van der Waals surface area contributed by atoms with Crippen LogP contribution < -0.4 is 10.2 Å². The Labute approximate surface area is 193 Å². The van der Waals surface area contributed by atoms with Gasteiger partial charge in [0.05, 0.1) is 30.7 Å². The first-order valence-electron chi connectivity index (χ1n) is 11.5. The smallest absolute Gasteiger partial charge is 0.253 e. The SMILES string of the molecule is Cc1ccc(NC(=O)C[C@@H]2C(=O)N(CCCN3CCOCC3)c3nc4ccccc4n32)cc1. The minimum atomic E-state index is -0.596. The molecule has 2 aromatic carbocycles. The molecule has 1 fully saturated rings. The highest BCUT2D eigenvalue weighted by Crippen LogP contribution is 2.36. The molecule has 0 unspecified atom stereocenters. The number of fused-ring (bicyclic) bond motifs is 3. The third kappa shape index (κ3) is 4.49. The van der Waals surface area contributed by atoms with E-state index in [2.05, 4.69) is 10.2 Å². The Morgan fingerprint density at radius 2 is 1.85 bits per heavy atom. The second-order valence-electron chi connectivity index (χ2n) is 8.70. The van der Waals surface area contributed by atoms with Gasteiger partial charge in [0.25, 0.3) is 5.91 Å². The zero-order chi connectivity index (χ0) is 22.8. The fraction of sp³-hybridized carbons (Fsp3) is 0.400. The van der Waals surface area contributed by atoms with E-state index in [1.165, 1.54) is 0 Å². The van der Waals surface area contributed by atoms with Crippen LogP contribution in [0.3, 0.4) is 0 Å². The van der Waals surface area contributed by atoms with Crippen molar-refractivity contribution in [2.45, 2.75) is 25.8 Å². The molecule has 2 aliphatic heterocycles. The molecule has 8 heteroatoms. The molecule has 5 rings (SSSR count). The first-order chi connectivity index (χ1) is 16.1. The molecule has 0 aliphatic carbocycles. The lowest BCUT2D eigenvalue weighted by Crippen LogP contribution is -2.39. The number of nitrogens with one attached hydrogen (secondary N) is 1. The highest BCUT2D eigenvalue weighted by atomic mass is 16.5. The number of amides is 2. The van der Waals surface area contributed by atoms with Crippen molar-refractivity contribution in [1.82, 2.24) is 14.5 Å². The van der Waals surface area contributed by atoms with E-state index in [0.29, 0.717) is 12.5 Å². The summed E-state index contributed by atoms with van der Waals surface area (Å²) < 4.78 is 7.35. The number of hydrogen-bond acceptors (Lipinski definition) is 5. The van der Waals surface area contributed by atoms with Crippen molar-refractivity contribution in [2.75, 3.05) is 49.6 Å². The van der Waals surface area contributed by atoms with E-state index in [1.54, 1.807) is 4.90 Å². The van der Waals surface area contributed by atoms with Crippen molar-refractivity contribution < 1.29 is 14.3 Å². The average molecular weight is 448 g/mol. The topological polar surface area (TPSA) is 79.7 Å². The summed E-state index contributed by atoms with van der Waals surface area (Å²) >= 11 is 0. The predicted octanol–water partition coefficient (Wildman–Crippen LogP) is 2.98. The lowest BCUT2D eigenvalue weighted by Gasteiger charge is -2.27. The lowest BCUT2D eigenvalue weighted by molar-refractivity contribution is -0.124. The van der Waals surface area contributed by atoms with E-state index in [4.69, 9.17) is 9.72 Å². The third-order valence-electron chi connectivity index (χ3n) is 6.36. The Balaban J connectivity index is 1.33. The van der Waals surface area contributed by atoms with Gasteiger partial charge in [-0.2, -0.15) is 0 Å². The van der Waals surface area contributed by atoms with Crippen LogP contribution in [0.25, 0.3) is 11.0 Å². The Morgan fingerprint density at radius 1 is 1.09 bits per heavy atom. The maximum absolute atomic E-state index is 13.4. The fourth-order valence-electron chi connectivity index (χ4n) is 4.61. The number of para-hydroxylation sites is 2. The summed E-state index contributed by atoms with van der Waals surface area (Å²) in [5, 5.41) is 2.93. The molecule has 0 spiro atoms. The van der Waals surface area contributed by atoms with Gasteiger partial charge in [0, 0.05) is 31.9 Å². The summed E-state index contributed by atoms with van der Waals surface area (Å²) in [6.45, 7) is 6.86. The molecular formula is C25H29N5O3. The van der Waals surface area contributed by atoms with Crippen LogP contribution in [-0.4, -0.2) is 65.7 Å². The van der Waals surface area contributed by atoms with Gasteiger partial charge in [-0.15, -0.1) is 0 Å². The quantitative estimate of drug-likeness (QED) is 0.602. The second-order valence-corrected chi connectivity index (χ2v) is 8.70. The van der Waals surface area contributed by atoms with Crippen molar-refractivity contribution in [3.63, 3.8) is 0 Å². The average Bonchev–Trinajstić information content (AvgIpc) is 3.31. The molecule has 1 saturated heterocycles. The molecule has 1 atom stereocenters. The zero-order valence-corrected chi connectivity index (χ0v) is 18.9. The van der Waals surface area contributed by atoms with Crippen molar-refractivity contribution in [3.8, 4) is 0 Å². The number of carbonyl (C=O) groups is 2. The largest absolute Gasteiger partial charge is 0.379 e. The number of aryl methyl sites for hydroxylation is 1. The molecule has 0 bridgehead atoms. The van der Waals surface area contributed by atoms with Crippen molar-refractivity contribution in [1.29, 1.82) is 0 Å². The van der Waals surface area contributed by atoms with Crippen LogP contribution in [0, 0.1) is 6.92 Å². The van der Waals surface area contributed by atoms with Gasteiger partial charge in [0.1, 0.15) is 6.04 Å². The number of imidazole rings is 1. The molecule has 8 nitrogen and oxygen atoms in total. The predicted molar refractivity (Wildman–Crippen MR) is 127 cm³/mol. The maximum Gasteiger partial charge on any atom is 0.253 e. The molecule has 0 radical (unpaired) electrons. The summed E-state index contributed by atoms with van der Waals surface area (Å²) in [6, 6.07) is 14.8. The summed E-state index contributed by atoms with van der Waals surface area (Å²) in [6.07, 6.45) is 0.914. The Hall–Kier alpha value is -3.23. The van der Waals surface area contributed by atoms with E-state index in [9.17, 15) is 9.59 Å². The summed E-state index contributed by atoms with van der Waals surface area (Å²) in [5.74, 6) is 0.386. The van der Waals surface area contributed by atoms with Crippen LogP contribution in [0.2, 0.25) is 0 Å². The molecule has 1 N–H and O–H groups in total. The molecule has 2 amide bonds. The van der Waals surface area contributed by atoms with Crippen molar-refractivity contribution >= 4 is 34.5 Å². The Morgan fingerprint density at radius 3 is 2.64 bits per heavy atom. The number of anilines is 2. The Kier molecular flexibility index (Phi) is 6.11. The minimum Gasteiger partial charge on any atom is -0.379 e. The molecule has 2 aliphatic rings. The van der Waals surface area contributed by atoms with Gasteiger partial charge in [0.15, 0.2) is 0 Å². The number of carbonyl (C=O) groups excluding carboxylic acids is 2. The van der Waals surface area contributed by atoms with Crippen molar-refractivity contribution in [3.05, 3.63) is 54.1 Å². The molecule has 3 aromatic rings. The van der Waals surface area contributed by atoms with Crippen LogP contribution >= 0.6 is 0 Å². The van der Waals surface area contributed by atoms with E-state index in [1.807, 2.05) is 60.0 Å². The van der Waals surface area contributed by atoms with Gasteiger partial charge in [-0.25, -0.2) is 4.98 Å². The van der Waals surface area contributed by atoms with Crippen molar-refractivity contribution in [2.24, 2.45) is 0 Å². The van der Waals surface area contributed by atoms with Crippen LogP contribution in [0.1, 0.15) is 24.4 Å². The Bertz CT molecular complexity index is 1150. The van der Waals surface area contributed by atoms with Crippen LogP contribution in [-0.2, 0) is 14.3 Å². The van der Waals surface area contributed by atoms with Gasteiger partial charge in [-0.1, -0.05) is 29.8 Å². The summed E-state index contributed by atoms with van der Waals surface area (Å²) in [7, 11) is 0. The molecule has 1 aromatic heterocycles. The monoisotopic (exact) mass is 447 g/mol. The first-order valence-corrected chi connectivity index (χ1v) is 11.5. The van der Waals surface area contributed by atoms with Crippen LogP contribution in [0.4, 0.5) is 11.6 Å². The van der Waals surface area contributed by atoms with Gasteiger partial charge in [0.2, 0.25) is 11.9 Å². The van der Waals surface area contributed by atoms with Crippen LogP contribution in [0.15, 0.2) is 48.5 Å². The van der Waals surface area contributed by atoms with E-state index in [0.717, 1.165) is 61.6 Å². The number of nitrogens with zero attached hydrogens (tertiary/aromatic N) is 4. The highest BCUT2D eigenvalue weighted by Gasteiger charge is 2.40.